The van der Waals surface area contributed by atoms with E-state index in [4.69, 9.17) is 5.26 Å². The minimum Gasteiger partial charge on any atom is -0.366 e. The van der Waals surface area contributed by atoms with Crippen molar-refractivity contribution in [2.45, 2.75) is 31.6 Å². The Kier molecular flexibility index (Phi) is 4.44. The van der Waals surface area contributed by atoms with Crippen molar-refractivity contribution < 1.29 is 10.2 Å². The Bertz CT molecular complexity index is 1240. The molecule has 0 unspecified atom stereocenters. The van der Waals surface area contributed by atoms with Gasteiger partial charge in [-0.25, -0.2) is 4.98 Å². The van der Waals surface area contributed by atoms with Crippen LogP contribution in [-0.4, -0.2) is 25.6 Å². The molecule has 2 N–H and O–H groups in total. The quantitative estimate of drug-likeness (QED) is 0.463. The number of aliphatic hydroxyl groups is 2. The fourth-order valence-electron chi connectivity index (χ4n) is 3.32. The molecule has 6 nitrogen and oxygen atoms in total. The van der Waals surface area contributed by atoms with Gasteiger partial charge in [-0.05, 0) is 30.3 Å². The third-order valence-electron chi connectivity index (χ3n) is 4.91. The summed E-state index contributed by atoms with van der Waals surface area (Å²) in [6, 6.07) is 14.4. The largest absolute Gasteiger partial charge is 0.366 e. The number of hydrogen-bond acceptors (Lipinski definition) is 5. The van der Waals surface area contributed by atoms with Crippen LogP contribution in [0, 0.1) is 23.2 Å². The van der Waals surface area contributed by atoms with Gasteiger partial charge in [0.1, 0.15) is 11.9 Å². The number of rotatable bonds is 0. The second-order valence-electron chi connectivity index (χ2n) is 6.86. The second kappa shape index (κ2) is 6.94. The van der Waals surface area contributed by atoms with E-state index in [-0.39, 0.29) is 24.9 Å². The summed E-state index contributed by atoms with van der Waals surface area (Å²) < 4.78 is 1.52. The van der Waals surface area contributed by atoms with Gasteiger partial charge in [0.05, 0.1) is 16.5 Å². The van der Waals surface area contributed by atoms with Crippen LogP contribution < -0.4 is 5.56 Å². The Morgan fingerprint density at radius 3 is 2.64 bits per heavy atom. The number of fused-ring (bicyclic) bond motifs is 2. The van der Waals surface area contributed by atoms with Gasteiger partial charge >= 0.3 is 0 Å². The minimum atomic E-state index is -1.78. The highest BCUT2D eigenvalue weighted by Gasteiger charge is 2.28. The molecule has 0 atom stereocenters. The van der Waals surface area contributed by atoms with Crippen molar-refractivity contribution in [2.75, 3.05) is 0 Å². The molecule has 0 aliphatic carbocycles. The molecule has 2 heterocycles. The van der Waals surface area contributed by atoms with Crippen LogP contribution in [0.5, 0.6) is 0 Å². The Labute approximate surface area is 161 Å². The van der Waals surface area contributed by atoms with Gasteiger partial charge in [-0.15, -0.1) is 0 Å². The van der Waals surface area contributed by atoms with Gasteiger partial charge in [-0.2, -0.15) is 5.26 Å². The maximum absolute atomic E-state index is 12.8. The fourth-order valence-corrected chi connectivity index (χ4v) is 3.32. The molecular weight excluding hydrogens is 354 g/mol. The van der Waals surface area contributed by atoms with E-state index in [1.54, 1.807) is 36.4 Å². The molecule has 1 aliphatic rings. The third-order valence-corrected chi connectivity index (χ3v) is 4.91. The van der Waals surface area contributed by atoms with Crippen LogP contribution in [0.2, 0.25) is 0 Å². The van der Waals surface area contributed by atoms with E-state index in [0.29, 0.717) is 39.8 Å². The molecule has 0 amide bonds. The van der Waals surface area contributed by atoms with E-state index in [0.717, 1.165) is 0 Å². The lowest BCUT2D eigenvalue weighted by atomic mass is 10.1. The topological polar surface area (TPSA) is 99.1 Å². The van der Waals surface area contributed by atoms with Gasteiger partial charge in [0, 0.05) is 36.9 Å². The summed E-state index contributed by atoms with van der Waals surface area (Å²) in [6.45, 7) is 0.219. The van der Waals surface area contributed by atoms with Crippen LogP contribution in [0.1, 0.15) is 35.4 Å². The van der Waals surface area contributed by atoms with Crippen molar-refractivity contribution in [3.8, 4) is 17.9 Å². The van der Waals surface area contributed by atoms with Gasteiger partial charge in [0.2, 0.25) is 0 Å². The van der Waals surface area contributed by atoms with Crippen molar-refractivity contribution in [2.24, 2.45) is 0 Å². The van der Waals surface area contributed by atoms with E-state index < -0.39 is 5.79 Å². The average molecular weight is 371 g/mol. The van der Waals surface area contributed by atoms with Crippen LogP contribution in [0.4, 0.5) is 0 Å². The van der Waals surface area contributed by atoms with E-state index in [2.05, 4.69) is 22.9 Å². The number of aromatic nitrogens is 2. The standard InChI is InChI=1S/C22H17N3O3/c23-14-17-4-2-1-3-16(17)7-5-15-6-8-18-19(13-15)24-20-9-10-22(27,28)11-12-25(20)21(18)26/h1-4,6,8,13,27-28H,9-12H2. The smallest absolute Gasteiger partial charge is 0.261 e. The average Bonchev–Trinajstić information content (AvgIpc) is 2.85. The number of benzene rings is 2. The van der Waals surface area contributed by atoms with E-state index in [1.807, 2.05) is 6.07 Å². The first-order chi connectivity index (χ1) is 13.5. The molecule has 2 aromatic carbocycles. The molecule has 6 heteroatoms. The molecule has 0 radical (unpaired) electrons. The maximum atomic E-state index is 12.8. The highest BCUT2D eigenvalue weighted by atomic mass is 16.5. The Morgan fingerprint density at radius 1 is 1.07 bits per heavy atom. The molecule has 28 heavy (non-hydrogen) atoms. The summed E-state index contributed by atoms with van der Waals surface area (Å²) >= 11 is 0. The van der Waals surface area contributed by atoms with Crippen molar-refractivity contribution in [1.82, 2.24) is 9.55 Å². The van der Waals surface area contributed by atoms with Crippen LogP contribution in [0.3, 0.4) is 0 Å². The zero-order valence-electron chi connectivity index (χ0n) is 15.0. The first kappa shape index (κ1) is 17.9. The zero-order chi connectivity index (χ0) is 19.7. The van der Waals surface area contributed by atoms with Gasteiger partial charge in [-0.1, -0.05) is 24.0 Å². The molecule has 0 saturated heterocycles. The third kappa shape index (κ3) is 3.39. The molecule has 4 rings (SSSR count). The number of nitrogens with zero attached hydrogens (tertiary/aromatic N) is 3. The summed E-state index contributed by atoms with van der Waals surface area (Å²) in [6.07, 6.45) is 0.536. The highest BCUT2D eigenvalue weighted by Crippen LogP contribution is 2.21. The summed E-state index contributed by atoms with van der Waals surface area (Å²) in [7, 11) is 0. The van der Waals surface area contributed by atoms with Crippen molar-refractivity contribution in [1.29, 1.82) is 5.26 Å². The molecule has 0 bridgehead atoms. The summed E-state index contributed by atoms with van der Waals surface area (Å²) in [5.74, 6) is 4.78. The first-order valence-electron chi connectivity index (χ1n) is 8.96. The molecular formula is C22H17N3O3. The number of aryl methyl sites for hydroxylation is 1. The van der Waals surface area contributed by atoms with Crippen molar-refractivity contribution >= 4 is 10.9 Å². The molecule has 0 saturated carbocycles. The Hall–Kier alpha value is -3.45. The summed E-state index contributed by atoms with van der Waals surface area (Å²) in [5, 5.41) is 29.4. The number of nitriles is 1. The SMILES string of the molecule is N#Cc1ccccc1C#Cc1ccc2c(=O)n3c(nc2c1)CCC(O)(O)CC3. The Morgan fingerprint density at radius 2 is 1.86 bits per heavy atom. The van der Waals surface area contributed by atoms with Crippen LogP contribution in [-0.2, 0) is 13.0 Å². The first-order valence-corrected chi connectivity index (χ1v) is 8.96. The second-order valence-corrected chi connectivity index (χ2v) is 6.86. The molecule has 1 aromatic heterocycles. The van der Waals surface area contributed by atoms with Gasteiger partial charge in [0.15, 0.2) is 5.79 Å². The summed E-state index contributed by atoms with van der Waals surface area (Å²) in [4.78, 5) is 17.4. The molecule has 0 fully saturated rings. The molecule has 3 aromatic rings. The van der Waals surface area contributed by atoms with Gasteiger partial charge in [0.25, 0.3) is 5.56 Å². The zero-order valence-corrected chi connectivity index (χ0v) is 15.0. The predicted octanol–water partition coefficient (Wildman–Crippen LogP) is 1.69. The van der Waals surface area contributed by atoms with E-state index in [9.17, 15) is 15.0 Å². The van der Waals surface area contributed by atoms with Gasteiger partial charge < -0.3 is 10.2 Å². The predicted molar refractivity (Wildman–Crippen MR) is 103 cm³/mol. The lowest BCUT2D eigenvalue weighted by Gasteiger charge is -2.17. The molecule has 1 aliphatic heterocycles. The van der Waals surface area contributed by atoms with Crippen LogP contribution >= 0.6 is 0 Å². The van der Waals surface area contributed by atoms with Crippen LogP contribution in [0.25, 0.3) is 10.9 Å². The fraction of sp³-hybridized carbons (Fsp3) is 0.227. The van der Waals surface area contributed by atoms with Crippen molar-refractivity contribution in [3.63, 3.8) is 0 Å². The minimum absolute atomic E-state index is 0.0922. The van der Waals surface area contributed by atoms with E-state index in [1.165, 1.54) is 4.57 Å². The van der Waals surface area contributed by atoms with Gasteiger partial charge in [-0.3, -0.25) is 9.36 Å². The van der Waals surface area contributed by atoms with Crippen LogP contribution in [0.15, 0.2) is 47.3 Å². The van der Waals surface area contributed by atoms with Crippen molar-refractivity contribution in [3.05, 3.63) is 75.3 Å². The summed E-state index contributed by atoms with van der Waals surface area (Å²) in [5.41, 5.74) is 2.17. The monoisotopic (exact) mass is 371 g/mol. The molecule has 0 spiro atoms. The number of hydrogen-bond donors (Lipinski definition) is 2. The highest BCUT2D eigenvalue weighted by molar-refractivity contribution is 5.79. The van der Waals surface area contributed by atoms with E-state index >= 15 is 0 Å². The lowest BCUT2D eigenvalue weighted by molar-refractivity contribution is -0.169. The molecule has 138 valence electrons. The Balaban J connectivity index is 1.76. The normalized spacial score (nSPS) is 15.0. The lowest BCUT2D eigenvalue weighted by Crippen LogP contribution is -2.29. The maximum Gasteiger partial charge on any atom is 0.261 e.